The molecule has 0 aliphatic carbocycles. The highest BCUT2D eigenvalue weighted by Gasteiger charge is 2.38. The van der Waals surface area contributed by atoms with E-state index in [-0.39, 0.29) is 22.9 Å². The Bertz CT molecular complexity index is 1660. The lowest BCUT2D eigenvalue weighted by Crippen LogP contribution is -2.51. The van der Waals surface area contributed by atoms with E-state index in [9.17, 15) is 13.2 Å². The van der Waals surface area contributed by atoms with Crippen molar-refractivity contribution in [2.45, 2.75) is 43.7 Å². The molecule has 43 heavy (non-hydrogen) atoms. The third-order valence-corrected chi connectivity index (χ3v) is 11.3. The average Bonchev–Trinajstić information content (AvgIpc) is 3.63. The molecule has 0 bridgehead atoms. The van der Waals surface area contributed by atoms with Crippen LogP contribution in [0.15, 0.2) is 65.0 Å². The molecular weight excluding hydrogens is 583 g/mol. The van der Waals surface area contributed by atoms with Crippen LogP contribution in [-0.4, -0.2) is 76.1 Å². The number of aryl methyl sites for hydroxylation is 2. The fraction of sp³-hybridized carbons (Fsp3) is 0.406. The van der Waals surface area contributed by atoms with Crippen LogP contribution in [0.1, 0.15) is 28.8 Å². The number of rotatable bonds is 11. The molecule has 1 aliphatic heterocycles. The molecule has 230 valence electrons. The zero-order valence-electron chi connectivity index (χ0n) is 25.5. The molecule has 1 saturated heterocycles. The van der Waals surface area contributed by atoms with E-state index in [2.05, 4.69) is 51.4 Å². The second-order valence-electron chi connectivity index (χ2n) is 11.5. The second kappa shape index (κ2) is 12.7. The molecule has 0 unspecified atom stereocenters. The number of aromatic nitrogens is 1. The van der Waals surface area contributed by atoms with Gasteiger partial charge in [-0.3, -0.25) is 14.4 Å². The normalized spacial score (nSPS) is 15.6. The Labute approximate surface area is 258 Å². The van der Waals surface area contributed by atoms with Crippen LogP contribution >= 0.6 is 11.3 Å². The van der Waals surface area contributed by atoms with Crippen LogP contribution in [0.2, 0.25) is 0 Å². The Morgan fingerprint density at radius 3 is 2.42 bits per heavy atom. The van der Waals surface area contributed by atoms with E-state index in [1.807, 2.05) is 34.2 Å². The van der Waals surface area contributed by atoms with Gasteiger partial charge in [0.25, 0.3) is 10.0 Å². The van der Waals surface area contributed by atoms with Crippen LogP contribution in [0.25, 0.3) is 10.9 Å². The summed E-state index contributed by atoms with van der Waals surface area (Å²) < 4.78 is 36.5. The summed E-state index contributed by atoms with van der Waals surface area (Å²) in [4.78, 5) is 19.3. The first kappa shape index (κ1) is 31.1. The van der Waals surface area contributed by atoms with Gasteiger partial charge in [-0.2, -0.15) is 0 Å². The predicted molar refractivity (Wildman–Crippen MR) is 174 cm³/mol. The maximum atomic E-state index is 13.3. The molecule has 0 saturated carbocycles. The molecule has 11 heteroatoms. The molecule has 0 radical (unpaired) electrons. The Balaban J connectivity index is 1.18. The maximum absolute atomic E-state index is 13.3. The number of carbonyl (C=O) groups is 1. The number of methoxy groups -OCH3 is 1. The van der Waals surface area contributed by atoms with Gasteiger partial charge in [0.15, 0.2) is 0 Å². The number of nitrogens with zero attached hydrogens (tertiary/aromatic N) is 3. The first-order valence-corrected chi connectivity index (χ1v) is 16.9. The number of sulfonamides is 1. The number of fused-ring (bicyclic) bond motifs is 1. The van der Waals surface area contributed by atoms with Crippen molar-refractivity contribution in [3.8, 4) is 5.75 Å². The molecule has 9 nitrogen and oxygen atoms in total. The second-order valence-corrected chi connectivity index (χ2v) is 14.1. The van der Waals surface area contributed by atoms with E-state index in [0.717, 1.165) is 43.4 Å². The molecule has 5 rings (SSSR count). The predicted octanol–water partition coefficient (Wildman–Crippen LogP) is 4.80. The van der Waals surface area contributed by atoms with Gasteiger partial charge in [0.1, 0.15) is 12.3 Å². The fourth-order valence-electron chi connectivity index (χ4n) is 6.21. The highest BCUT2D eigenvalue weighted by molar-refractivity contribution is 7.92. The monoisotopic (exact) mass is 623 g/mol. The lowest BCUT2D eigenvalue weighted by molar-refractivity contribution is -0.121. The van der Waals surface area contributed by atoms with Gasteiger partial charge in [-0.15, -0.1) is 11.3 Å². The summed E-state index contributed by atoms with van der Waals surface area (Å²) in [5.74, 6) is 0.536. The zero-order valence-corrected chi connectivity index (χ0v) is 27.1. The molecule has 4 aromatic rings. The number of hydrogen-bond acceptors (Lipinski definition) is 7. The van der Waals surface area contributed by atoms with Gasteiger partial charge in [-0.05, 0) is 99.1 Å². The third-order valence-electron chi connectivity index (χ3n) is 8.55. The summed E-state index contributed by atoms with van der Waals surface area (Å²) in [7, 11) is 2.06. The van der Waals surface area contributed by atoms with Crippen LogP contribution < -0.4 is 14.8 Å². The summed E-state index contributed by atoms with van der Waals surface area (Å²) >= 11 is 1.83. The van der Waals surface area contributed by atoms with Crippen molar-refractivity contribution in [3.05, 3.63) is 76.1 Å². The van der Waals surface area contributed by atoms with Gasteiger partial charge in [-0.1, -0.05) is 12.1 Å². The molecule has 1 aliphatic rings. The molecule has 2 aromatic carbocycles. The Kier molecular flexibility index (Phi) is 9.17. The van der Waals surface area contributed by atoms with Crippen molar-refractivity contribution in [1.29, 1.82) is 0 Å². The van der Waals surface area contributed by atoms with E-state index in [1.54, 1.807) is 45.2 Å². The van der Waals surface area contributed by atoms with Gasteiger partial charge in [-0.25, -0.2) is 8.42 Å². The van der Waals surface area contributed by atoms with Crippen molar-refractivity contribution in [2.24, 2.45) is 0 Å². The number of carbonyl (C=O) groups excluding carboxylic acids is 1. The number of ether oxygens (including phenoxy) is 1. The largest absolute Gasteiger partial charge is 0.497 e. The Morgan fingerprint density at radius 2 is 1.79 bits per heavy atom. The zero-order chi connectivity index (χ0) is 30.8. The number of anilines is 1. The van der Waals surface area contributed by atoms with Gasteiger partial charge < -0.3 is 19.5 Å². The minimum Gasteiger partial charge on any atom is -0.497 e. The molecular formula is C32H41N5O4S2. The van der Waals surface area contributed by atoms with Crippen LogP contribution in [0, 0.1) is 13.8 Å². The van der Waals surface area contributed by atoms with Crippen LogP contribution in [0.3, 0.4) is 0 Å². The molecule has 1 fully saturated rings. The Hall–Kier alpha value is -3.38. The van der Waals surface area contributed by atoms with Gasteiger partial charge in [0.05, 0.1) is 28.7 Å². The fourth-order valence-corrected chi connectivity index (χ4v) is 8.78. The van der Waals surface area contributed by atoms with Crippen molar-refractivity contribution in [2.75, 3.05) is 52.1 Å². The van der Waals surface area contributed by atoms with Crippen molar-refractivity contribution >= 4 is 43.9 Å². The van der Waals surface area contributed by atoms with Gasteiger partial charge >= 0.3 is 0 Å². The molecule has 2 N–H and O–H groups in total. The topological polar surface area (TPSA) is 95.9 Å². The van der Waals surface area contributed by atoms with E-state index >= 15 is 0 Å². The number of benzene rings is 2. The SMILES string of the molecule is COc1cc(C)c(S(=O)(=O)Nc2ccc3ccn(CC(=O)NCCN4CCC(c5cccs5)(N(C)C)CC4)c3c2)c(C)c1. The minimum atomic E-state index is -3.84. The van der Waals surface area contributed by atoms with Crippen molar-refractivity contribution in [1.82, 2.24) is 19.7 Å². The summed E-state index contributed by atoms with van der Waals surface area (Å²) in [5.41, 5.74) is 2.51. The highest BCUT2D eigenvalue weighted by atomic mass is 32.2. The summed E-state index contributed by atoms with van der Waals surface area (Å²) in [6, 6.07) is 15.1. The van der Waals surface area contributed by atoms with Crippen LogP contribution in [-0.2, 0) is 26.9 Å². The van der Waals surface area contributed by atoms with Crippen LogP contribution in [0.5, 0.6) is 5.75 Å². The Morgan fingerprint density at radius 1 is 1.07 bits per heavy atom. The van der Waals surface area contributed by atoms with Gasteiger partial charge in [0.2, 0.25) is 5.91 Å². The summed E-state index contributed by atoms with van der Waals surface area (Å²) in [5, 5.41) is 6.15. The quantitative estimate of drug-likeness (QED) is 0.249. The molecule has 0 spiro atoms. The molecule has 0 atom stereocenters. The average molecular weight is 624 g/mol. The maximum Gasteiger partial charge on any atom is 0.262 e. The number of piperidine rings is 1. The lowest BCUT2D eigenvalue weighted by Gasteiger charge is -2.45. The first-order chi connectivity index (χ1) is 20.5. The van der Waals surface area contributed by atoms with E-state index in [4.69, 9.17) is 4.74 Å². The van der Waals surface area contributed by atoms with E-state index < -0.39 is 10.0 Å². The number of amides is 1. The molecule has 1 amide bonds. The van der Waals surface area contributed by atoms with E-state index in [0.29, 0.717) is 29.1 Å². The smallest absolute Gasteiger partial charge is 0.262 e. The number of likely N-dealkylation sites (tertiary alicyclic amines) is 1. The third kappa shape index (κ3) is 6.59. The summed E-state index contributed by atoms with van der Waals surface area (Å²) in [6.07, 6.45) is 3.98. The highest BCUT2D eigenvalue weighted by Crippen LogP contribution is 2.39. The number of thiophene rings is 1. The molecule has 3 heterocycles. The molecule has 2 aromatic heterocycles. The van der Waals surface area contributed by atoms with Crippen molar-refractivity contribution in [3.63, 3.8) is 0 Å². The lowest BCUT2D eigenvalue weighted by atomic mass is 9.84. The van der Waals surface area contributed by atoms with Crippen LogP contribution in [0.4, 0.5) is 5.69 Å². The van der Waals surface area contributed by atoms with Crippen molar-refractivity contribution < 1.29 is 17.9 Å². The van der Waals surface area contributed by atoms with Gasteiger partial charge in [0, 0.05) is 37.3 Å². The number of hydrogen-bond donors (Lipinski definition) is 2. The number of nitrogens with one attached hydrogen (secondary N) is 2. The summed E-state index contributed by atoms with van der Waals surface area (Å²) in [6.45, 7) is 7.03. The standard InChI is InChI=1S/C32H41N5O4S2/c1-23-19-27(41-5)20-24(2)31(23)43(39,40)34-26-9-8-25-10-14-37(28(25)21-26)22-30(38)33-13-17-36-15-11-32(12-16-36,35(3)4)29-7-6-18-42-29/h6-10,14,18-21,34H,11-13,15-17,22H2,1-5H3,(H,33,38). The van der Waals surface area contributed by atoms with E-state index in [1.165, 1.54) is 4.88 Å². The minimum absolute atomic E-state index is 0.0776. The first-order valence-electron chi connectivity index (χ1n) is 14.5.